The van der Waals surface area contributed by atoms with Crippen LogP contribution in [-0.4, -0.2) is 101 Å². The lowest BCUT2D eigenvalue weighted by Crippen LogP contribution is -2.42. The maximum Gasteiger partial charge on any atom is 0.264 e. The minimum Gasteiger partial charge on any atom is -0.748 e. The van der Waals surface area contributed by atoms with E-state index in [4.69, 9.17) is 0 Å². The Bertz CT molecular complexity index is 1970. The first kappa shape index (κ1) is 45.2. The van der Waals surface area contributed by atoms with Gasteiger partial charge in [0, 0.05) is 76.8 Å². The Morgan fingerprint density at radius 1 is 0.911 bits per heavy atom. The average molecular weight is 861 g/mol. The largest absolute Gasteiger partial charge is 0.748 e. The summed E-state index contributed by atoms with van der Waals surface area (Å²) in [5.41, 5.74) is 3.55. The van der Waals surface area contributed by atoms with Crippen LogP contribution in [0.15, 0.2) is 59.4 Å². The Balaban J connectivity index is 1.36. The molecule has 5 rings (SSSR count). The molecule has 2 heterocycles. The molecule has 2 saturated carbocycles. The predicted octanol–water partition coefficient (Wildman–Crippen LogP) is 4.56. The minimum absolute atomic E-state index is 0.0469. The van der Waals surface area contributed by atoms with E-state index in [-0.39, 0.29) is 66.0 Å². The minimum atomic E-state index is -4.45. The topological polar surface area (TPSA) is 217 Å². The van der Waals surface area contributed by atoms with Gasteiger partial charge < -0.3 is 19.3 Å². The molecule has 1 N–H and O–H groups in total. The molecule has 5 aliphatic rings. The zero-order valence-electron chi connectivity index (χ0n) is 32.6. The highest BCUT2D eigenvalue weighted by Crippen LogP contribution is 2.54. The zero-order valence-corrected chi connectivity index (χ0v) is 35.8. The standard InChI is InChI=1S/C38H58N2O12S4/c1-37(2)31-25-29(53-52-51-41)16-18-33(31)39(20-8-22-54(42,43)44)35(37)14-6-12-27-10-5-11-28(24-27)13-7-15-36-38(3,4)32-26-30(56(48,49)50)17-19-34(32)40(36)21-9-23-55(45,46)47/h6-7,12-15,24,29-34H,5,8-11,16-23,25-26H2,1-4H3,(H3-,41,42,43,44,45,46,47,48,49,50)/p-2. The molecule has 18 heteroatoms. The lowest BCUT2D eigenvalue weighted by molar-refractivity contribution is -0.777. The number of hydrogen-bond donors (Lipinski definition) is 1. The number of hydrogen-bond acceptors (Lipinski definition) is 13. The molecule has 14 nitrogen and oxygen atoms in total. The monoisotopic (exact) mass is 860 g/mol. The molecule has 2 aliphatic heterocycles. The maximum absolute atomic E-state index is 12.0. The van der Waals surface area contributed by atoms with Crippen molar-refractivity contribution in [1.82, 2.24) is 4.90 Å². The fourth-order valence-corrected chi connectivity index (χ4v) is 12.6. The van der Waals surface area contributed by atoms with Gasteiger partial charge in [0.25, 0.3) is 10.1 Å². The van der Waals surface area contributed by atoms with Gasteiger partial charge in [0.15, 0.2) is 11.8 Å². The van der Waals surface area contributed by atoms with Crippen molar-refractivity contribution in [3.8, 4) is 0 Å². The second-order valence-electron chi connectivity index (χ2n) is 17.0. The SMILES string of the molecule is CC1(C)C(/C=C/C=C2C=C(/C=C/C=C3/N(CCCS(=O)(=O)O)C4CCC(S(=O)(=O)[O-])CC4C3(C)C)CCC/2)=[N+](CCCS(=O)(=O)[O-])C2CCC(SOO[O-])CC21. The van der Waals surface area contributed by atoms with Gasteiger partial charge in [0.2, 0.25) is 0 Å². The number of rotatable bonds is 16. The van der Waals surface area contributed by atoms with Crippen LogP contribution < -0.4 is 5.26 Å². The molecule has 6 unspecified atom stereocenters. The molecule has 6 atom stereocenters. The molecule has 3 fully saturated rings. The summed E-state index contributed by atoms with van der Waals surface area (Å²) in [6, 6.07) is 0.111. The van der Waals surface area contributed by atoms with Crippen molar-refractivity contribution in [3.05, 3.63) is 59.4 Å². The van der Waals surface area contributed by atoms with Crippen molar-refractivity contribution >= 4 is 48.1 Å². The van der Waals surface area contributed by atoms with Gasteiger partial charge in [-0.25, -0.2) is 21.4 Å². The van der Waals surface area contributed by atoms with Crippen molar-refractivity contribution < 1.29 is 58.1 Å². The van der Waals surface area contributed by atoms with Crippen LogP contribution in [0.5, 0.6) is 0 Å². The molecular formula is C38H56N2O12S4-2. The molecule has 0 bridgehead atoms. The summed E-state index contributed by atoms with van der Waals surface area (Å²) >= 11 is 1.04. The Labute approximate surface area is 337 Å². The molecule has 316 valence electrons. The van der Waals surface area contributed by atoms with E-state index in [0.29, 0.717) is 19.5 Å². The summed E-state index contributed by atoms with van der Waals surface area (Å²) in [6.07, 6.45) is 21.0. The molecule has 0 amide bonds. The van der Waals surface area contributed by atoms with Crippen LogP contribution in [0.1, 0.15) is 98.3 Å². The summed E-state index contributed by atoms with van der Waals surface area (Å²) < 4.78 is 110. The summed E-state index contributed by atoms with van der Waals surface area (Å²) in [5, 5.41) is 13.2. The number of nitrogens with zero attached hydrogens (tertiary/aromatic N) is 2. The van der Waals surface area contributed by atoms with E-state index in [0.717, 1.165) is 73.1 Å². The molecule has 0 aromatic heterocycles. The number of fused-ring (bicyclic) bond motifs is 2. The van der Waals surface area contributed by atoms with Crippen molar-refractivity contribution in [3.63, 3.8) is 0 Å². The van der Waals surface area contributed by atoms with Crippen molar-refractivity contribution in [2.75, 3.05) is 24.6 Å². The highest BCUT2D eigenvalue weighted by molar-refractivity contribution is 7.95. The number of likely N-dealkylation sites (tertiary alicyclic amines) is 1. The van der Waals surface area contributed by atoms with E-state index in [1.807, 2.05) is 32.1 Å². The molecule has 56 heavy (non-hydrogen) atoms. The number of allylic oxidation sites excluding steroid dienone is 10. The molecular weight excluding hydrogens is 805 g/mol. The van der Waals surface area contributed by atoms with E-state index < -0.39 is 46.8 Å². The van der Waals surface area contributed by atoms with E-state index in [9.17, 15) is 44.2 Å². The average Bonchev–Trinajstić information content (AvgIpc) is 3.44. The summed E-state index contributed by atoms with van der Waals surface area (Å²) in [4.78, 5) is 2.15. The van der Waals surface area contributed by atoms with Crippen LogP contribution in [0, 0.1) is 22.7 Å². The van der Waals surface area contributed by atoms with Gasteiger partial charge in [-0.05, 0) is 94.8 Å². The molecule has 1 saturated heterocycles. The van der Waals surface area contributed by atoms with Gasteiger partial charge in [-0.1, -0.05) is 44.2 Å². The van der Waals surface area contributed by atoms with Crippen molar-refractivity contribution in [2.24, 2.45) is 22.7 Å². The highest BCUT2D eigenvalue weighted by Gasteiger charge is 2.56. The molecule has 0 spiro atoms. The predicted molar refractivity (Wildman–Crippen MR) is 210 cm³/mol. The van der Waals surface area contributed by atoms with Gasteiger partial charge in [0.1, 0.15) is 6.54 Å². The Hall–Kier alpha value is -1.87. The van der Waals surface area contributed by atoms with Gasteiger partial charge in [-0.3, -0.25) is 9.59 Å². The third-order valence-electron chi connectivity index (χ3n) is 12.8. The van der Waals surface area contributed by atoms with Crippen molar-refractivity contribution in [1.29, 1.82) is 0 Å². The van der Waals surface area contributed by atoms with Crippen LogP contribution in [0.3, 0.4) is 0 Å². The maximum atomic E-state index is 12.0. The van der Waals surface area contributed by atoms with E-state index in [1.54, 1.807) is 0 Å². The summed E-state index contributed by atoms with van der Waals surface area (Å²) in [7, 11) is -12.9. The van der Waals surface area contributed by atoms with Gasteiger partial charge in [-0.2, -0.15) is 12.8 Å². The summed E-state index contributed by atoms with van der Waals surface area (Å²) in [6.45, 7) is 9.26. The van der Waals surface area contributed by atoms with Crippen LogP contribution in [0.25, 0.3) is 0 Å². The smallest absolute Gasteiger partial charge is 0.264 e. The molecule has 0 aromatic carbocycles. The Morgan fingerprint density at radius 3 is 2.32 bits per heavy atom. The quantitative estimate of drug-likeness (QED) is 0.0741. The Kier molecular flexibility index (Phi) is 14.7. The highest BCUT2D eigenvalue weighted by atomic mass is 32.2. The van der Waals surface area contributed by atoms with Crippen molar-refractivity contribution in [2.45, 2.75) is 121 Å². The first-order valence-corrected chi connectivity index (χ1v) is 24.9. The third kappa shape index (κ3) is 11.2. The second kappa shape index (κ2) is 18.2. The third-order valence-corrected chi connectivity index (χ3v) is 16.4. The van der Waals surface area contributed by atoms with Gasteiger partial charge >= 0.3 is 0 Å². The lowest BCUT2D eigenvalue weighted by Gasteiger charge is -2.39. The van der Waals surface area contributed by atoms with Gasteiger partial charge in [0.05, 0.1) is 31.4 Å². The van der Waals surface area contributed by atoms with Crippen LogP contribution in [0.4, 0.5) is 0 Å². The van der Waals surface area contributed by atoms with E-state index in [1.165, 1.54) is 0 Å². The van der Waals surface area contributed by atoms with Crippen LogP contribution >= 0.6 is 12.0 Å². The lowest BCUT2D eigenvalue weighted by atomic mass is 9.69. The molecule has 3 aliphatic carbocycles. The zero-order chi connectivity index (χ0) is 41.1. The van der Waals surface area contributed by atoms with Crippen LogP contribution in [0.2, 0.25) is 0 Å². The Morgan fingerprint density at radius 2 is 1.64 bits per heavy atom. The fourth-order valence-electron chi connectivity index (χ4n) is 10.1. The fraction of sp³-hybridized carbons (Fsp3) is 0.711. The summed E-state index contributed by atoms with van der Waals surface area (Å²) in [5.74, 6) is -0.700. The normalized spacial score (nSPS) is 31.1. The molecule has 0 aromatic rings. The first-order chi connectivity index (χ1) is 26.1. The first-order valence-electron chi connectivity index (χ1n) is 19.4. The van der Waals surface area contributed by atoms with Gasteiger partial charge in [-0.15, -0.1) is 0 Å². The van der Waals surface area contributed by atoms with Crippen LogP contribution in [-0.2, 0) is 39.7 Å². The molecule has 0 radical (unpaired) electrons. The second-order valence-corrected chi connectivity index (χ2v) is 22.7. The van der Waals surface area contributed by atoms with E-state index in [2.05, 4.69) is 57.0 Å². The van der Waals surface area contributed by atoms with E-state index >= 15 is 0 Å².